The summed E-state index contributed by atoms with van der Waals surface area (Å²) in [5.74, 6) is 1.89. The maximum Gasteiger partial charge on any atom is 0.214 e. The Morgan fingerprint density at radius 2 is 1.79 bits per heavy atom. The molecule has 1 aromatic carbocycles. The molecule has 0 radical (unpaired) electrons. The minimum Gasteiger partial charge on any atom is -0.356 e. The molecule has 28 heavy (non-hydrogen) atoms. The molecule has 0 unspecified atom stereocenters. The third-order valence-electron chi connectivity index (χ3n) is 5.59. The first-order valence-electron chi connectivity index (χ1n) is 10.3. The first-order chi connectivity index (χ1) is 13.6. The molecule has 0 spiro atoms. The normalized spacial score (nSPS) is 17.7. The number of sulfonamides is 1. The van der Waals surface area contributed by atoms with Gasteiger partial charge in [-0.15, -0.1) is 0 Å². The van der Waals surface area contributed by atoms with E-state index in [1.54, 1.807) is 4.31 Å². The van der Waals surface area contributed by atoms with Crippen molar-refractivity contribution in [3.63, 3.8) is 0 Å². The van der Waals surface area contributed by atoms with Gasteiger partial charge < -0.3 is 4.90 Å². The zero-order valence-electron chi connectivity index (χ0n) is 16.5. The van der Waals surface area contributed by atoms with E-state index in [1.807, 2.05) is 37.3 Å². The van der Waals surface area contributed by atoms with E-state index >= 15 is 0 Å². The number of unbranched alkanes of at least 4 members (excludes halogenated alkanes) is 1. The number of anilines is 1. The number of fused-ring (bicyclic) bond motifs is 1. The summed E-state index contributed by atoms with van der Waals surface area (Å²) in [6.07, 6.45) is 4.53. The molecule has 0 atom stereocenters. The minimum absolute atomic E-state index is 0.223. The van der Waals surface area contributed by atoms with Gasteiger partial charge in [-0.05, 0) is 19.3 Å². The molecule has 2 aliphatic heterocycles. The lowest BCUT2D eigenvalue weighted by Gasteiger charge is -2.31. The molecule has 1 saturated heterocycles. The van der Waals surface area contributed by atoms with Gasteiger partial charge in [0.1, 0.15) is 5.82 Å². The number of aromatic nitrogens is 2. The van der Waals surface area contributed by atoms with E-state index in [1.165, 1.54) is 0 Å². The largest absolute Gasteiger partial charge is 0.356 e. The van der Waals surface area contributed by atoms with Crippen LogP contribution in [0.25, 0.3) is 11.4 Å². The third-order valence-corrected chi connectivity index (χ3v) is 7.49. The summed E-state index contributed by atoms with van der Waals surface area (Å²) in [7, 11) is -3.23. The Morgan fingerprint density at radius 3 is 2.50 bits per heavy atom. The molecule has 3 heterocycles. The summed E-state index contributed by atoms with van der Waals surface area (Å²) in [4.78, 5) is 12.0. The Kier molecular flexibility index (Phi) is 5.64. The van der Waals surface area contributed by atoms with Gasteiger partial charge in [0.25, 0.3) is 0 Å². The first kappa shape index (κ1) is 19.3. The molecule has 4 rings (SSSR count). The van der Waals surface area contributed by atoms with Gasteiger partial charge in [0, 0.05) is 43.7 Å². The Hall–Kier alpha value is -1.99. The van der Waals surface area contributed by atoms with Gasteiger partial charge in [-0.3, -0.25) is 0 Å². The Morgan fingerprint density at radius 1 is 1.04 bits per heavy atom. The third kappa shape index (κ3) is 3.91. The fourth-order valence-electron chi connectivity index (χ4n) is 3.97. The van der Waals surface area contributed by atoms with E-state index < -0.39 is 10.0 Å². The monoisotopic (exact) mass is 400 g/mol. The van der Waals surface area contributed by atoms with Crippen molar-refractivity contribution in [2.75, 3.05) is 30.3 Å². The fraction of sp³-hybridized carbons (Fsp3) is 0.524. The van der Waals surface area contributed by atoms with Crippen LogP contribution in [-0.2, 0) is 23.0 Å². The average Bonchev–Trinajstić information content (AvgIpc) is 3.26. The van der Waals surface area contributed by atoms with Crippen molar-refractivity contribution in [3.8, 4) is 11.4 Å². The van der Waals surface area contributed by atoms with Crippen LogP contribution in [0.15, 0.2) is 30.3 Å². The molecule has 0 saturated carbocycles. The van der Waals surface area contributed by atoms with Gasteiger partial charge in [0.15, 0.2) is 5.82 Å². The van der Waals surface area contributed by atoms with Crippen LogP contribution in [0.3, 0.4) is 0 Å². The summed E-state index contributed by atoms with van der Waals surface area (Å²) in [6.45, 7) is 4.86. The highest BCUT2D eigenvalue weighted by atomic mass is 32.2. The van der Waals surface area contributed by atoms with Gasteiger partial charge in [-0.25, -0.2) is 18.4 Å². The van der Waals surface area contributed by atoms with Crippen molar-refractivity contribution in [2.24, 2.45) is 0 Å². The van der Waals surface area contributed by atoms with Crippen LogP contribution in [0.1, 0.15) is 43.9 Å². The van der Waals surface area contributed by atoms with Crippen LogP contribution in [0.5, 0.6) is 0 Å². The second-order valence-electron chi connectivity index (χ2n) is 7.61. The van der Waals surface area contributed by atoms with E-state index in [2.05, 4.69) is 4.90 Å². The lowest BCUT2D eigenvalue weighted by molar-refractivity contribution is 0.386. The minimum atomic E-state index is -3.23. The number of hydrogen-bond donors (Lipinski definition) is 0. The Labute approximate surface area is 167 Å². The van der Waals surface area contributed by atoms with Crippen LogP contribution in [0.2, 0.25) is 0 Å². The molecule has 150 valence electrons. The molecular weight excluding hydrogens is 372 g/mol. The van der Waals surface area contributed by atoms with Crippen LogP contribution < -0.4 is 4.90 Å². The van der Waals surface area contributed by atoms with E-state index in [-0.39, 0.29) is 5.75 Å². The molecule has 0 N–H and O–H groups in total. The van der Waals surface area contributed by atoms with Crippen molar-refractivity contribution in [3.05, 3.63) is 41.6 Å². The zero-order chi connectivity index (χ0) is 19.6. The highest BCUT2D eigenvalue weighted by Crippen LogP contribution is 2.32. The van der Waals surface area contributed by atoms with E-state index in [4.69, 9.17) is 9.97 Å². The fourth-order valence-corrected chi connectivity index (χ4v) is 5.58. The number of rotatable bonds is 6. The summed E-state index contributed by atoms with van der Waals surface area (Å²) >= 11 is 0. The van der Waals surface area contributed by atoms with E-state index in [0.29, 0.717) is 25.9 Å². The van der Waals surface area contributed by atoms with Crippen LogP contribution in [-0.4, -0.2) is 48.1 Å². The predicted molar refractivity (Wildman–Crippen MR) is 112 cm³/mol. The van der Waals surface area contributed by atoms with Gasteiger partial charge in [-0.1, -0.05) is 43.7 Å². The second-order valence-corrected chi connectivity index (χ2v) is 9.70. The topological polar surface area (TPSA) is 66.4 Å². The van der Waals surface area contributed by atoms with Crippen LogP contribution in [0, 0.1) is 0 Å². The lowest BCUT2D eigenvalue weighted by atomic mass is 10.1. The van der Waals surface area contributed by atoms with Crippen LogP contribution >= 0.6 is 0 Å². The number of hydrogen-bond acceptors (Lipinski definition) is 5. The van der Waals surface area contributed by atoms with Gasteiger partial charge in [0.05, 0.1) is 11.4 Å². The molecular formula is C21H28N4O2S. The molecule has 2 aliphatic rings. The molecule has 1 fully saturated rings. The Bertz CT molecular complexity index is 925. The Balaban J connectivity index is 1.72. The summed E-state index contributed by atoms with van der Waals surface area (Å²) in [5, 5.41) is 0. The molecule has 1 aromatic heterocycles. The SMILES string of the molecule is CCCCS(=O)(=O)N1CCc2nc(-c3ccccc3)nc(N3CCCC3)c2C1. The molecule has 0 bridgehead atoms. The van der Waals surface area contributed by atoms with Gasteiger partial charge in [0.2, 0.25) is 10.0 Å². The van der Waals surface area contributed by atoms with Crippen LogP contribution in [0.4, 0.5) is 5.82 Å². The van der Waals surface area contributed by atoms with Gasteiger partial charge >= 0.3 is 0 Å². The summed E-state index contributed by atoms with van der Waals surface area (Å²) in [5.41, 5.74) is 2.99. The van der Waals surface area contributed by atoms with Crippen molar-refractivity contribution < 1.29 is 8.42 Å². The smallest absolute Gasteiger partial charge is 0.214 e. The number of benzene rings is 1. The first-order valence-corrected chi connectivity index (χ1v) is 11.9. The molecule has 2 aromatic rings. The van der Waals surface area contributed by atoms with Crippen molar-refractivity contribution >= 4 is 15.8 Å². The van der Waals surface area contributed by atoms with Crippen molar-refractivity contribution in [1.82, 2.24) is 14.3 Å². The van der Waals surface area contributed by atoms with E-state index in [0.717, 1.165) is 60.8 Å². The lowest BCUT2D eigenvalue weighted by Crippen LogP contribution is -2.39. The summed E-state index contributed by atoms with van der Waals surface area (Å²) < 4.78 is 27.1. The molecule has 0 aliphatic carbocycles. The molecule has 6 nitrogen and oxygen atoms in total. The second kappa shape index (κ2) is 8.17. The standard InChI is InChI=1S/C21H28N4O2S/c1-2-3-15-28(26,27)25-14-11-19-18(16-25)21(24-12-7-8-13-24)23-20(22-19)17-9-5-4-6-10-17/h4-6,9-10H,2-3,7-8,11-16H2,1H3. The maximum atomic E-state index is 12.7. The van der Waals surface area contributed by atoms with E-state index in [9.17, 15) is 8.42 Å². The predicted octanol–water partition coefficient (Wildman–Crippen LogP) is 3.23. The highest BCUT2D eigenvalue weighted by Gasteiger charge is 2.31. The molecule has 7 heteroatoms. The van der Waals surface area contributed by atoms with Crippen molar-refractivity contribution in [1.29, 1.82) is 0 Å². The maximum absolute atomic E-state index is 12.7. The quantitative estimate of drug-likeness (QED) is 0.745. The highest BCUT2D eigenvalue weighted by molar-refractivity contribution is 7.89. The number of nitrogens with zero attached hydrogens (tertiary/aromatic N) is 4. The van der Waals surface area contributed by atoms with Crippen molar-refractivity contribution in [2.45, 2.75) is 45.6 Å². The molecule has 0 amide bonds. The average molecular weight is 401 g/mol. The zero-order valence-corrected chi connectivity index (χ0v) is 17.3. The summed E-state index contributed by atoms with van der Waals surface area (Å²) in [6, 6.07) is 10.0. The van der Waals surface area contributed by atoms with Gasteiger partial charge in [-0.2, -0.15) is 4.31 Å².